The molecule has 0 spiro atoms. The standard InChI is InChI=1S/C16H12N4O2S2/c21-24(22,14-7-3-9-23-14)20-12-5-1-4-11(10-12)15-18-13-6-2-8-17-16(13)19-15/h1-10,20H,(H,17,18,19). The number of benzene rings is 1. The first-order chi connectivity index (χ1) is 11.6. The summed E-state index contributed by atoms with van der Waals surface area (Å²) in [5.74, 6) is 0.640. The number of pyridine rings is 1. The highest BCUT2D eigenvalue weighted by molar-refractivity contribution is 7.94. The predicted octanol–water partition coefficient (Wildman–Crippen LogP) is 3.49. The van der Waals surface area contributed by atoms with Gasteiger partial charge in [0, 0.05) is 17.4 Å². The molecule has 120 valence electrons. The molecule has 0 saturated carbocycles. The Kier molecular flexibility index (Phi) is 3.55. The van der Waals surface area contributed by atoms with Gasteiger partial charge in [-0.05, 0) is 35.7 Å². The van der Waals surface area contributed by atoms with E-state index < -0.39 is 10.0 Å². The number of anilines is 1. The van der Waals surface area contributed by atoms with E-state index in [0.29, 0.717) is 17.2 Å². The van der Waals surface area contributed by atoms with Crippen molar-refractivity contribution in [2.75, 3.05) is 4.72 Å². The highest BCUT2D eigenvalue weighted by Gasteiger charge is 2.15. The monoisotopic (exact) mass is 356 g/mol. The van der Waals surface area contributed by atoms with E-state index in [1.807, 2.05) is 18.2 Å². The lowest BCUT2D eigenvalue weighted by molar-refractivity contribution is 0.603. The maximum absolute atomic E-state index is 12.3. The number of hydrogen-bond donors (Lipinski definition) is 2. The van der Waals surface area contributed by atoms with Crippen LogP contribution in [0.2, 0.25) is 0 Å². The number of nitrogens with zero attached hydrogens (tertiary/aromatic N) is 2. The van der Waals surface area contributed by atoms with Crippen LogP contribution in [0.25, 0.3) is 22.6 Å². The number of fused-ring (bicyclic) bond motifs is 1. The molecular formula is C16H12N4O2S2. The van der Waals surface area contributed by atoms with Gasteiger partial charge >= 0.3 is 0 Å². The van der Waals surface area contributed by atoms with Gasteiger partial charge in [0.15, 0.2) is 5.65 Å². The zero-order chi connectivity index (χ0) is 16.6. The molecule has 0 aliphatic carbocycles. The van der Waals surface area contributed by atoms with Crippen LogP contribution in [0.4, 0.5) is 5.69 Å². The fourth-order valence-electron chi connectivity index (χ4n) is 2.33. The highest BCUT2D eigenvalue weighted by Crippen LogP contribution is 2.25. The van der Waals surface area contributed by atoms with Gasteiger partial charge in [-0.25, -0.2) is 18.4 Å². The molecule has 6 nitrogen and oxygen atoms in total. The van der Waals surface area contributed by atoms with Crippen molar-refractivity contribution < 1.29 is 8.42 Å². The maximum atomic E-state index is 12.3. The van der Waals surface area contributed by atoms with Gasteiger partial charge in [-0.3, -0.25) is 4.72 Å². The Labute approximate surface area is 142 Å². The van der Waals surface area contributed by atoms with Crippen LogP contribution in [0.3, 0.4) is 0 Å². The topological polar surface area (TPSA) is 87.7 Å². The molecule has 3 aromatic heterocycles. The van der Waals surface area contributed by atoms with Gasteiger partial charge in [-0.2, -0.15) is 0 Å². The predicted molar refractivity (Wildman–Crippen MR) is 94.5 cm³/mol. The lowest BCUT2D eigenvalue weighted by Crippen LogP contribution is -2.11. The lowest BCUT2D eigenvalue weighted by atomic mass is 10.2. The van der Waals surface area contributed by atoms with Crippen molar-refractivity contribution in [2.45, 2.75) is 4.21 Å². The second-order valence-corrected chi connectivity index (χ2v) is 7.94. The van der Waals surface area contributed by atoms with E-state index in [2.05, 4.69) is 19.7 Å². The summed E-state index contributed by atoms with van der Waals surface area (Å²) < 4.78 is 27.5. The maximum Gasteiger partial charge on any atom is 0.271 e. The van der Waals surface area contributed by atoms with Crippen molar-refractivity contribution in [3.05, 3.63) is 60.1 Å². The summed E-state index contributed by atoms with van der Waals surface area (Å²) in [6.45, 7) is 0. The molecule has 0 amide bonds. The van der Waals surface area contributed by atoms with Crippen LogP contribution >= 0.6 is 11.3 Å². The second-order valence-electron chi connectivity index (χ2n) is 5.08. The van der Waals surface area contributed by atoms with Crippen LogP contribution in [-0.4, -0.2) is 23.4 Å². The number of imidazole rings is 1. The third-order valence-corrected chi connectivity index (χ3v) is 6.18. The van der Waals surface area contributed by atoms with Crippen molar-refractivity contribution in [3.8, 4) is 11.4 Å². The van der Waals surface area contributed by atoms with Crippen molar-refractivity contribution in [2.24, 2.45) is 0 Å². The average molecular weight is 356 g/mol. The summed E-state index contributed by atoms with van der Waals surface area (Å²) in [5.41, 5.74) is 2.71. The van der Waals surface area contributed by atoms with Crippen molar-refractivity contribution in [3.63, 3.8) is 0 Å². The fourth-order valence-corrected chi connectivity index (χ4v) is 4.38. The van der Waals surface area contributed by atoms with Gasteiger partial charge < -0.3 is 4.98 Å². The molecule has 0 aliphatic heterocycles. The molecule has 0 aliphatic rings. The largest absolute Gasteiger partial charge is 0.337 e. The van der Waals surface area contributed by atoms with Gasteiger partial charge in [0.2, 0.25) is 0 Å². The number of rotatable bonds is 4. The normalized spacial score (nSPS) is 11.7. The first-order valence-electron chi connectivity index (χ1n) is 7.09. The Balaban J connectivity index is 1.69. The first kappa shape index (κ1) is 14.9. The van der Waals surface area contributed by atoms with Gasteiger partial charge in [-0.15, -0.1) is 11.3 Å². The van der Waals surface area contributed by atoms with Gasteiger partial charge in [0.25, 0.3) is 10.0 Å². The molecule has 0 atom stereocenters. The molecule has 0 radical (unpaired) electrons. The van der Waals surface area contributed by atoms with E-state index in [1.54, 1.807) is 41.9 Å². The number of thiophene rings is 1. The van der Waals surface area contributed by atoms with Crippen LogP contribution in [-0.2, 0) is 10.0 Å². The minimum Gasteiger partial charge on any atom is -0.337 e. The molecule has 0 fully saturated rings. The number of nitrogens with one attached hydrogen (secondary N) is 2. The molecule has 24 heavy (non-hydrogen) atoms. The quantitative estimate of drug-likeness (QED) is 0.586. The van der Waals surface area contributed by atoms with E-state index in [-0.39, 0.29) is 4.21 Å². The van der Waals surface area contributed by atoms with E-state index in [4.69, 9.17) is 0 Å². The Morgan fingerprint density at radius 3 is 2.79 bits per heavy atom. The van der Waals surface area contributed by atoms with Gasteiger partial charge in [-0.1, -0.05) is 18.2 Å². The molecule has 0 unspecified atom stereocenters. The van der Waals surface area contributed by atoms with Crippen molar-refractivity contribution in [1.29, 1.82) is 0 Å². The minimum absolute atomic E-state index is 0.279. The summed E-state index contributed by atoms with van der Waals surface area (Å²) in [4.78, 5) is 11.8. The third-order valence-electron chi connectivity index (χ3n) is 3.41. The molecule has 0 saturated heterocycles. The third kappa shape index (κ3) is 2.77. The molecular weight excluding hydrogens is 344 g/mol. The van der Waals surface area contributed by atoms with E-state index in [0.717, 1.165) is 11.1 Å². The number of sulfonamides is 1. The lowest BCUT2D eigenvalue weighted by Gasteiger charge is -2.07. The zero-order valence-corrected chi connectivity index (χ0v) is 13.9. The highest BCUT2D eigenvalue weighted by atomic mass is 32.2. The van der Waals surface area contributed by atoms with Crippen LogP contribution in [0.5, 0.6) is 0 Å². The zero-order valence-electron chi connectivity index (χ0n) is 12.3. The Morgan fingerprint density at radius 1 is 1.08 bits per heavy atom. The van der Waals surface area contributed by atoms with E-state index in [1.165, 1.54) is 11.3 Å². The number of hydrogen-bond acceptors (Lipinski definition) is 5. The minimum atomic E-state index is -3.57. The molecule has 0 bridgehead atoms. The molecule has 2 N–H and O–H groups in total. The fraction of sp³-hybridized carbons (Fsp3) is 0. The Morgan fingerprint density at radius 2 is 2.00 bits per heavy atom. The number of H-pyrrole nitrogens is 1. The van der Waals surface area contributed by atoms with Crippen molar-refractivity contribution >= 4 is 38.2 Å². The molecule has 4 rings (SSSR count). The van der Waals surface area contributed by atoms with E-state index in [9.17, 15) is 8.42 Å². The van der Waals surface area contributed by atoms with Crippen molar-refractivity contribution in [1.82, 2.24) is 15.0 Å². The average Bonchev–Trinajstić information content (AvgIpc) is 3.24. The SMILES string of the molecule is O=S(=O)(Nc1cccc(-c2nc3ncccc3[nH]2)c1)c1cccs1. The summed E-state index contributed by atoms with van der Waals surface area (Å²) in [5, 5.41) is 1.73. The molecule has 3 heterocycles. The molecule has 1 aromatic carbocycles. The second kappa shape index (κ2) is 5.73. The van der Waals surface area contributed by atoms with Crippen LogP contribution < -0.4 is 4.72 Å². The molecule has 4 aromatic rings. The summed E-state index contributed by atoms with van der Waals surface area (Å²) in [6, 6.07) is 14.1. The smallest absolute Gasteiger partial charge is 0.271 e. The van der Waals surface area contributed by atoms with Gasteiger partial charge in [0.1, 0.15) is 10.0 Å². The Hall–Kier alpha value is -2.71. The van der Waals surface area contributed by atoms with Crippen LogP contribution in [0.1, 0.15) is 0 Å². The first-order valence-corrected chi connectivity index (χ1v) is 9.46. The Bertz CT molecular complexity index is 1070. The molecule has 8 heteroatoms. The summed E-state index contributed by atoms with van der Waals surface area (Å²) in [7, 11) is -3.57. The number of aromatic nitrogens is 3. The van der Waals surface area contributed by atoms with E-state index >= 15 is 0 Å². The van der Waals surface area contributed by atoms with Crippen LogP contribution in [0, 0.1) is 0 Å². The summed E-state index contributed by atoms with van der Waals surface area (Å²) in [6.07, 6.45) is 1.68. The summed E-state index contributed by atoms with van der Waals surface area (Å²) >= 11 is 1.18. The van der Waals surface area contributed by atoms with Gasteiger partial charge in [0.05, 0.1) is 5.52 Å². The van der Waals surface area contributed by atoms with Crippen LogP contribution in [0.15, 0.2) is 64.3 Å². The number of aromatic amines is 1.